The number of nitrogens with one attached hydrogen (secondary N) is 2. The van der Waals surface area contributed by atoms with Crippen molar-refractivity contribution in [2.75, 3.05) is 25.1 Å². The molecule has 0 aromatic heterocycles. The van der Waals surface area contributed by atoms with E-state index in [9.17, 15) is 9.00 Å². The van der Waals surface area contributed by atoms with Crippen LogP contribution in [0.4, 0.5) is 4.79 Å². The first kappa shape index (κ1) is 17.4. The zero-order valence-electron chi connectivity index (χ0n) is 12.0. The summed E-state index contributed by atoms with van der Waals surface area (Å²) in [6.07, 6.45) is 2.18. The van der Waals surface area contributed by atoms with Gasteiger partial charge in [0.15, 0.2) is 0 Å². The van der Waals surface area contributed by atoms with Crippen molar-refractivity contribution in [2.45, 2.75) is 45.8 Å². The van der Waals surface area contributed by atoms with Gasteiger partial charge in [0.05, 0.1) is 0 Å². The Kier molecular flexibility index (Phi) is 8.18. The Morgan fingerprint density at radius 1 is 1.33 bits per heavy atom. The van der Waals surface area contributed by atoms with Gasteiger partial charge in [-0.1, -0.05) is 0 Å². The summed E-state index contributed by atoms with van der Waals surface area (Å²) in [4.78, 5) is 11.3. The SMILES string of the molecule is CC(CCS(C)=O)NCCNC(=O)OC(C)(C)C. The first-order valence-corrected chi connectivity index (χ1v) is 7.93. The van der Waals surface area contributed by atoms with Crippen molar-refractivity contribution in [1.29, 1.82) is 0 Å². The number of carbonyl (C=O) groups is 1. The van der Waals surface area contributed by atoms with Crippen LogP contribution < -0.4 is 10.6 Å². The van der Waals surface area contributed by atoms with Gasteiger partial charge in [-0.25, -0.2) is 4.79 Å². The summed E-state index contributed by atoms with van der Waals surface area (Å²) in [7, 11) is -0.742. The monoisotopic (exact) mass is 278 g/mol. The Morgan fingerprint density at radius 2 is 1.94 bits per heavy atom. The summed E-state index contributed by atoms with van der Waals surface area (Å²) >= 11 is 0. The summed E-state index contributed by atoms with van der Waals surface area (Å²) in [6.45, 7) is 8.74. The van der Waals surface area contributed by atoms with E-state index in [0.717, 1.165) is 6.42 Å². The molecule has 0 radical (unpaired) electrons. The van der Waals surface area contributed by atoms with E-state index in [2.05, 4.69) is 10.6 Å². The molecule has 0 aliphatic rings. The third-order valence-corrected chi connectivity index (χ3v) is 2.93. The molecule has 108 valence electrons. The number of hydrogen-bond acceptors (Lipinski definition) is 4. The molecule has 0 bridgehead atoms. The minimum absolute atomic E-state index is 0.300. The van der Waals surface area contributed by atoms with Gasteiger partial charge in [-0.2, -0.15) is 0 Å². The maximum absolute atomic E-state index is 11.3. The van der Waals surface area contributed by atoms with E-state index in [1.807, 2.05) is 27.7 Å². The van der Waals surface area contributed by atoms with Gasteiger partial charge in [0.1, 0.15) is 5.60 Å². The summed E-state index contributed by atoms with van der Waals surface area (Å²) in [5.41, 5.74) is -0.462. The molecule has 0 spiro atoms. The topological polar surface area (TPSA) is 67.4 Å². The van der Waals surface area contributed by atoms with E-state index in [0.29, 0.717) is 24.9 Å². The van der Waals surface area contributed by atoms with Crippen molar-refractivity contribution in [3.63, 3.8) is 0 Å². The Bertz CT molecular complexity index is 277. The average molecular weight is 278 g/mol. The highest BCUT2D eigenvalue weighted by Crippen LogP contribution is 2.05. The van der Waals surface area contributed by atoms with Gasteiger partial charge in [-0.15, -0.1) is 0 Å². The first-order valence-electron chi connectivity index (χ1n) is 6.21. The molecule has 0 saturated heterocycles. The van der Waals surface area contributed by atoms with Gasteiger partial charge in [0, 0.05) is 41.9 Å². The fraction of sp³-hybridized carbons (Fsp3) is 0.917. The first-order chi connectivity index (χ1) is 8.20. The largest absolute Gasteiger partial charge is 0.444 e. The maximum Gasteiger partial charge on any atom is 0.407 e. The predicted octanol–water partition coefficient (Wildman–Crippen LogP) is 1.26. The lowest BCUT2D eigenvalue weighted by atomic mass is 10.2. The van der Waals surface area contributed by atoms with E-state index in [4.69, 9.17) is 4.74 Å². The van der Waals surface area contributed by atoms with E-state index in [1.54, 1.807) is 6.26 Å². The fourth-order valence-electron chi connectivity index (χ4n) is 1.24. The minimum Gasteiger partial charge on any atom is -0.444 e. The van der Waals surface area contributed by atoms with Crippen molar-refractivity contribution in [1.82, 2.24) is 10.6 Å². The minimum atomic E-state index is -0.742. The molecule has 1 amide bonds. The molecule has 0 aliphatic carbocycles. The molecular weight excluding hydrogens is 252 g/mol. The highest BCUT2D eigenvalue weighted by Gasteiger charge is 2.15. The molecule has 2 atom stereocenters. The van der Waals surface area contributed by atoms with Crippen molar-refractivity contribution in [3.8, 4) is 0 Å². The van der Waals surface area contributed by atoms with Crippen molar-refractivity contribution < 1.29 is 13.7 Å². The van der Waals surface area contributed by atoms with Crippen LogP contribution in [0.1, 0.15) is 34.1 Å². The summed E-state index contributed by atoms with van der Waals surface area (Å²) in [5.74, 6) is 0.702. The highest BCUT2D eigenvalue weighted by molar-refractivity contribution is 7.84. The van der Waals surface area contributed by atoms with Crippen LogP contribution in [0.5, 0.6) is 0 Å². The standard InChI is InChI=1S/C12H26N2O3S/c1-10(6-9-18(5)16)13-7-8-14-11(15)17-12(2,3)4/h10,13H,6-9H2,1-5H3,(H,14,15). The second kappa shape index (κ2) is 8.48. The number of alkyl carbamates (subject to hydrolysis) is 1. The van der Waals surface area contributed by atoms with Crippen LogP contribution in [0.3, 0.4) is 0 Å². The molecule has 0 saturated carbocycles. The van der Waals surface area contributed by atoms with E-state index in [1.165, 1.54) is 0 Å². The van der Waals surface area contributed by atoms with E-state index in [-0.39, 0.29) is 0 Å². The van der Waals surface area contributed by atoms with Gasteiger partial charge >= 0.3 is 6.09 Å². The molecule has 0 aliphatic heterocycles. The van der Waals surface area contributed by atoms with Crippen molar-refractivity contribution in [2.24, 2.45) is 0 Å². The Hall–Kier alpha value is -0.620. The third kappa shape index (κ3) is 11.9. The molecule has 0 rings (SSSR count). The van der Waals surface area contributed by atoms with Gasteiger partial charge in [0.2, 0.25) is 0 Å². The molecule has 0 heterocycles. The zero-order valence-corrected chi connectivity index (χ0v) is 12.9. The van der Waals surface area contributed by atoms with Crippen LogP contribution in [0.15, 0.2) is 0 Å². The summed E-state index contributed by atoms with van der Waals surface area (Å²) in [5, 5.41) is 5.93. The lowest BCUT2D eigenvalue weighted by Gasteiger charge is -2.20. The number of ether oxygens (including phenoxy) is 1. The lowest BCUT2D eigenvalue weighted by molar-refractivity contribution is 0.0528. The van der Waals surface area contributed by atoms with Gasteiger partial charge in [-0.3, -0.25) is 4.21 Å². The Balaban J connectivity index is 3.55. The molecular formula is C12H26N2O3S. The molecule has 0 fully saturated rings. The maximum atomic E-state index is 11.3. The van der Waals surface area contributed by atoms with Gasteiger partial charge in [-0.05, 0) is 34.1 Å². The Labute approximate surface area is 113 Å². The third-order valence-electron chi connectivity index (χ3n) is 2.12. The van der Waals surface area contributed by atoms with Crippen LogP contribution in [-0.2, 0) is 15.5 Å². The van der Waals surface area contributed by atoms with E-state index >= 15 is 0 Å². The predicted molar refractivity (Wildman–Crippen MR) is 75.3 cm³/mol. The second-order valence-electron chi connectivity index (χ2n) is 5.35. The zero-order chi connectivity index (χ0) is 14.2. The van der Waals surface area contributed by atoms with Gasteiger partial charge in [0.25, 0.3) is 0 Å². The van der Waals surface area contributed by atoms with Gasteiger partial charge < -0.3 is 15.4 Å². The van der Waals surface area contributed by atoms with E-state index < -0.39 is 22.5 Å². The molecule has 2 N–H and O–H groups in total. The highest BCUT2D eigenvalue weighted by atomic mass is 32.2. The van der Waals surface area contributed by atoms with Crippen LogP contribution in [0, 0.1) is 0 Å². The number of rotatable bonds is 7. The molecule has 2 unspecified atom stereocenters. The quantitative estimate of drug-likeness (QED) is 0.688. The van der Waals surface area contributed by atoms with Crippen molar-refractivity contribution in [3.05, 3.63) is 0 Å². The molecule has 5 nitrogen and oxygen atoms in total. The van der Waals surface area contributed by atoms with Crippen LogP contribution in [0.2, 0.25) is 0 Å². The van der Waals surface area contributed by atoms with Crippen LogP contribution >= 0.6 is 0 Å². The Morgan fingerprint density at radius 3 is 2.44 bits per heavy atom. The van der Waals surface area contributed by atoms with Crippen LogP contribution in [0.25, 0.3) is 0 Å². The summed E-state index contributed by atoms with van der Waals surface area (Å²) in [6, 6.07) is 0.300. The second-order valence-corrected chi connectivity index (χ2v) is 6.90. The van der Waals surface area contributed by atoms with Crippen molar-refractivity contribution >= 4 is 16.9 Å². The average Bonchev–Trinajstić information content (AvgIpc) is 2.19. The lowest BCUT2D eigenvalue weighted by Crippen LogP contribution is -2.38. The van der Waals surface area contributed by atoms with Crippen LogP contribution in [-0.4, -0.2) is 47.0 Å². The summed E-state index contributed by atoms with van der Waals surface area (Å²) < 4.78 is 16.0. The molecule has 0 aromatic carbocycles. The normalized spacial score (nSPS) is 14.9. The molecule has 6 heteroatoms. The molecule has 0 aromatic rings. The molecule has 18 heavy (non-hydrogen) atoms. The number of carbonyl (C=O) groups excluding carboxylic acids is 1. The number of hydrogen-bond donors (Lipinski definition) is 2. The number of amides is 1. The fourth-order valence-corrected chi connectivity index (χ4v) is 1.93. The smallest absolute Gasteiger partial charge is 0.407 e.